The van der Waals surface area contributed by atoms with Gasteiger partial charge in [-0.1, -0.05) is 37.1 Å². The molecule has 3 aromatic rings. The number of rotatable bonds is 8. The van der Waals surface area contributed by atoms with E-state index in [1.54, 1.807) is 12.1 Å². The Balaban J connectivity index is 1.24. The van der Waals surface area contributed by atoms with E-state index in [0.717, 1.165) is 73.4 Å². The summed E-state index contributed by atoms with van der Waals surface area (Å²) in [4.78, 5) is 6.81. The lowest BCUT2D eigenvalue weighted by atomic mass is 9.89. The van der Waals surface area contributed by atoms with Crippen LogP contribution in [0, 0.1) is 0 Å². The highest BCUT2D eigenvalue weighted by Crippen LogP contribution is 2.32. The third kappa shape index (κ3) is 6.92. The van der Waals surface area contributed by atoms with E-state index in [1.807, 2.05) is 24.4 Å². The fourth-order valence-corrected chi connectivity index (χ4v) is 6.02. The van der Waals surface area contributed by atoms with Crippen molar-refractivity contribution in [3.05, 3.63) is 78.0 Å². The Labute approximate surface area is 228 Å². The number of aliphatic hydroxyl groups is 1. The topological polar surface area (TPSA) is 60.4 Å². The van der Waals surface area contributed by atoms with Crippen LogP contribution in [-0.2, 0) is 12.6 Å². The van der Waals surface area contributed by atoms with Gasteiger partial charge >= 0.3 is 6.18 Å². The van der Waals surface area contributed by atoms with E-state index in [0.29, 0.717) is 12.5 Å². The molecule has 208 valence electrons. The Morgan fingerprint density at radius 3 is 2.46 bits per heavy atom. The minimum atomic E-state index is -4.31. The molecule has 5 rings (SSSR count). The first-order valence-electron chi connectivity index (χ1n) is 14.0. The van der Waals surface area contributed by atoms with Crippen molar-refractivity contribution in [1.82, 2.24) is 10.3 Å². The first-order valence-corrected chi connectivity index (χ1v) is 14.0. The van der Waals surface area contributed by atoms with Gasteiger partial charge in [-0.2, -0.15) is 13.2 Å². The molecular formula is C31H37F3N4O. The van der Waals surface area contributed by atoms with Crippen LogP contribution in [0.3, 0.4) is 0 Å². The number of alkyl halides is 3. The van der Waals surface area contributed by atoms with Crippen molar-refractivity contribution in [3.8, 4) is 11.1 Å². The Morgan fingerprint density at radius 2 is 1.69 bits per heavy atom. The number of aliphatic hydroxyl groups excluding tert-OH is 1. The van der Waals surface area contributed by atoms with Gasteiger partial charge in [-0.25, -0.2) is 4.98 Å². The van der Waals surface area contributed by atoms with Gasteiger partial charge in [0.05, 0.1) is 5.56 Å². The molecule has 1 aliphatic carbocycles. The Bertz CT molecular complexity index is 1220. The highest BCUT2D eigenvalue weighted by Gasteiger charge is 2.32. The smallest absolute Gasteiger partial charge is 0.396 e. The number of aromatic nitrogens is 1. The van der Waals surface area contributed by atoms with Crippen LogP contribution < -0.4 is 15.5 Å². The monoisotopic (exact) mass is 538 g/mol. The average Bonchev–Trinajstić information content (AvgIpc) is 2.95. The molecule has 5 nitrogen and oxygen atoms in total. The molecule has 1 saturated carbocycles. The predicted molar refractivity (Wildman–Crippen MR) is 150 cm³/mol. The first-order chi connectivity index (χ1) is 18.9. The van der Waals surface area contributed by atoms with E-state index in [-0.39, 0.29) is 18.7 Å². The summed E-state index contributed by atoms with van der Waals surface area (Å²) in [6.45, 7) is 1.74. The molecule has 1 aliphatic heterocycles. The second-order valence-electron chi connectivity index (χ2n) is 10.7. The molecule has 1 saturated heterocycles. The van der Waals surface area contributed by atoms with E-state index in [4.69, 9.17) is 0 Å². The zero-order valence-corrected chi connectivity index (χ0v) is 22.1. The van der Waals surface area contributed by atoms with Gasteiger partial charge in [0.1, 0.15) is 5.82 Å². The summed E-state index contributed by atoms with van der Waals surface area (Å²) < 4.78 is 39.0. The van der Waals surface area contributed by atoms with Crippen molar-refractivity contribution in [2.45, 2.75) is 69.2 Å². The number of nitrogens with zero attached hydrogens (tertiary/aromatic N) is 2. The summed E-state index contributed by atoms with van der Waals surface area (Å²) in [5.41, 5.74) is 3.54. The molecule has 0 bridgehead atoms. The normalized spacial score (nSPS) is 22.1. The standard InChI is InChI=1S/C31H37F3N4O/c32-31(33,34)24-11-13-26(14-12-24)38-18-5-7-25(21-38)36-28-9-3-4-10-29(28)37-30-20-23(15-17-35-30)27-8-2-1-6-22(27)16-19-39/h1-2,6,8,11-15,17,20,25,28-29,36,39H,3-5,7,9-10,16,18-19,21H2,(H,35,37)/t25-,28+,29+/m0/s1. The molecule has 1 aromatic heterocycles. The highest BCUT2D eigenvalue weighted by molar-refractivity contribution is 5.69. The van der Waals surface area contributed by atoms with Crippen molar-refractivity contribution in [2.75, 3.05) is 29.9 Å². The van der Waals surface area contributed by atoms with Crippen molar-refractivity contribution in [2.24, 2.45) is 0 Å². The molecule has 2 heterocycles. The molecule has 0 spiro atoms. The molecule has 0 radical (unpaired) electrons. The molecule has 3 atom stereocenters. The van der Waals surface area contributed by atoms with Gasteiger partial charge in [-0.15, -0.1) is 0 Å². The number of piperidine rings is 1. The number of benzene rings is 2. The van der Waals surface area contributed by atoms with E-state index in [1.165, 1.54) is 18.6 Å². The molecular weight excluding hydrogens is 501 g/mol. The van der Waals surface area contributed by atoms with Crippen LogP contribution in [0.1, 0.15) is 49.7 Å². The second kappa shape index (κ2) is 12.4. The van der Waals surface area contributed by atoms with Gasteiger partial charge in [0.25, 0.3) is 0 Å². The lowest BCUT2D eigenvalue weighted by Crippen LogP contribution is -2.55. The highest BCUT2D eigenvalue weighted by atomic mass is 19.4. The van der Waals surface area contributed by atoms with E-state index in [9.17, 15) is 18.3 Å². The Kier molecular flexibility index (Phi) is 8.72. The van der Waals surface area contributed by atoms with Gasteiger partial charge in [-0.05, 0) is 85.2 Å². The molecule has 8 heteroatoms. The predicted octanol–water partition coefficient (Wildman–Crippen LogP) is 6.28. The van der Waals surface area contributed by atoms with Crippen molar-refractivity contribution in [3.63, 3.8) is 0 Å². The molecule has 0 unspecified atom stereocenters. The van der Waals surface area contributed by atoms with Gasteiger partial charge in [-0.3, -0.25) is 0 Å². The fraction of sp³-hybridized carbons (Fsp3) is 0.452. The van der Waals surface area contributed by atoms with Crippen molar-refractivity contribution in [1.29, 1.82) is 0 Å². The third-order valence-electron chi connectivity index (χ3n) is 8.00. The number of hydrogen-bond acceptors (Lipinski definition) is 5. The minimum Gasteiger partial charge on any atom is -0.396 e. The zero-order chi connectivity index (χ0) is 27.2. The lowest BCUT2D eigenvalue weighted by molar-refractivity contribution is -0.137. The van der Waals surface area contributed by atoms with Crippen LogP contribution in [-0.4, -0.2) is 47.9 Å². The molecule has 39 heavy (non-hydrogen) atoms. The van der Waals surface area contributed by atoms with E-state index < -0.39 is 11.7 Å². The summed E-state index contributed by atoms with van der Waals surface area (Å²) in [7, 11) is 0. The summed E-state index contributed by atoms with van der Waals surface area (Å²) in [6.07, 6.45) is 4.65. The van der Waals surface area contributed by atoms with Crippen LogP contribution in [0.15, 0.2) is 66.9 Å². The van der Waals surface area contributed by atoms with E-state index >= 15 is 0 Å². The minimum absolute atomic E-state index is 0.111. The van der Waals surface area contributed by atoms with Gasteiger partial charge < -0.3 is 20.6 Å². The molecule has 2 aromatic carbocycles. The summed E-state index contributed by atoms with van der Waals surface area (Å²) in [6, 6.07) is 18.6. The first kappa shape index (κ1) is 27.5. The van der Waals surface area contributed by atoms with Crippen LogP contribution in [0.2, 0.25) is 0 Å². The largest absolute Gasteiger partial charge is 0.416 e. The van der Waals surface area contributed by atoms with Crippen LogP contribution in [0.4, 0.5) is 24.7 Å². The zero-order valence-electron chi connectivity index (χ0n) is 22.1. The van der Waals surface area contributed by atoms with Crippen LogP contribution in [0.5, 0.6) is 0 Å². The summed E-state index contributed by atoms with van der Waals surface area (Å²) in [5.74, 6) is 0.847. The quantitative estimate of drug-likeness (QED) is 0.315. The number of pyridine rings is 1. The Hall–Kier alpha value is -3.10. The van der Waals surface area contributed by atoms with Crippen molar-refractivity contribution >= 4 is 11.5 Å². The van der Waals surface area contributed by atoms with Gasteiger partial charge in [0, 0.05) is 49.7 Å². The average molecular weight is 539 g/mol. The number of hydrogen-bond donors (Lipinski definition) is 3. The third-order valence-corrected chi connectivity index (χ3v) is 8.00. The number of nitrogens with one attached hydrogen (secondary N) is 2. The Morgan fingerprint density at radius 1 is 0.923 bits per heavy atom. The van der Waals surface area contributed by atoms with Crippen molar-refractivity contribution < 1.29 is 18.3 Å². The summed E-state index contributed by atoms with van der Waals surface area (Å²) >= 11 is 0. The molecule has 3 N–H and O–H groups in total. The molecule has 2 aliphatic rings. The fourth-order valence-electron chi connectivity index (χ4n) is 6.02. The van der Waals surface area contributed by atoms with Crippen LogP contribution >= 0.6 is 0 Å². The SMILES string of the molecule is OCCc1ccccc1-c1ccnc(N[C@@H]2CCCC[C@H]2N[C@H]2CCCN(c3ccc(C(F)(F)F)cc3)C2)c1. The molecule has 2 fully saturated rings. The maximum absolute atomic E-state index is 13.0. The number of halogens is 3. The lowest BCUT2D eigenvalue weighted by Gasteiger charge is -2.40. The van der Waals surface area contributed by atoms with E-state index in [2.05, 4.69) is 38.7 Å². The van der Waals surface area contributed by atoms with Gasteiger partial charge in [0.2, 0.25) is 0 Å². The maximum Gasteiger partial charge on any atom is 0.416 e. The van der Waals surface area contributed by atoms with Gasteiger partial charge in [0.15, 0.2) is 0 Å². The van der Waals surface area contributed by atoms with Crippen LogP contribution in [0.25, 0.3) is 11.1 Å². The number of anilines is 2. The second-order valence-corrected chi connectivity index (χ2v) is 10.7. The molecule has 0 amide bonds. The maximum atomic E-state index is 13.0. The summed E-state index contributed by atoms with van der Waals surface area (Å²) in [5, 5.41) is 17.1.